The second-order valence-corrected chi connectivity index (χ2v) is 5.88. The molecule has 21 heavy (non-hydrogen) atoms. The van der Waals surface area contributed by atoms with Crippen molar-refractivity contribution in [1.29, 1.82) is 0 Å². The first kappa shape index (κ1) is 13.9. The summed E-state index contributed by atoms with van der Waals surface area (Å²) in [6.07, 6.45) is 2.63. The Labute approximate surface area is 125 Å². The average Bonchev–Trinajstić information content (AvgIpc) is 2.76. The number of benzene rings is 1. The van der Waals surface area contributed by atoms with Crippen molar-refractivity contribution in [3.05, 3.63) is 47.7 Å². The first-order valence-corrected chi connectivity index (χ1v) is 7.16. The number of aromatic nitrogens is 1. The van der Waals surface area contributed by atoms with E-state index in [4.69, 9.17) is 9.47 Å². The van der Waals surface area contributed by atoms with Crippen molar-refractivity contribution in [2.75, 3.05) is 7.05 Å². The molecule has 1 aromatic carbocycles. The lowest BCUT2D eigenvalue weighted by Gasteiger charge is -2.18. The fraction of sp³-hybridized carbons (Fsp3) is 0.353. The molecule has 3 rings (SSSR count). The summed E-state index contributed by atoms with van der Waals surface area (Å²) in [5.41, 5.74) is 2.03. The van der Waals surface area contributed by atoms with Crippen LogP contribution in [0.25, 0.3) is 0 Å². The molecule has 0 aliphatic carbocycles. The number of hydrogen-bond acceptors (Lipinski definition) is 4. The minimum atomic E-state index is -0.181. The maximum Gasteiger partial charge on any atom is 0.223 e. The first-order chi connectivity index (χ1) is 10.1. The van der Waals surface area contributed by atoms with Crippen LogP contribution in [0.5, 0.6) is 17.4 Å². The van der Waals surface area contributed by atoms with Crippen LogP contribution in [0.1, 0.15) is 25.0 Å². The van der Waals surface area contributed by atoms with Gasteiger partial charge in [-0.15, -0.1) is 0 Å². The van der Waals surface area contributed by atoms with Gasteiger partial charge in [0, 0.05) is 30.3 Å². The van der Waals surface area contributed by atoms with Crippen LogP contribution in [-0.2, 0) is 13.0 Å². The van der Waals surface area contributed by atoms with Crippen LogP contribution >= 0.6 is 0 Å². The lowest BCUT2D eigenvalue weighted by atomic mass is 10.0. The fourth-order valence-electron chi connectivity index (χ4n) is 2.61. The number of rotatable bonds is 4. The normalized spacial score (nSPS) is 15.4. The molecule has 0 saturated heterocycles. The zero-order chi connectivity index (χ0) is 14.9. The molecular formula is C17H20N2O2. The summed E-state index contributed by atoms with van der Waals surface area (Å²) < 4.78 is 12.1. The third-order valence-corrected chi connectivity index (χ3v) is 3.48. The number of para-hydroxylation sites is 1. The Balaban J connectivity index is 1.93. The van der Waals surface area contributed by atoms with E-state index in [1.54, 1.807) is 6.20 Å². The minimum absolute atomic E-state index is 0.181. The number of nitrogens with zero attached hydrogens (tertiary/aromatic N) is 1. The van der Waals surface area contributed by atoms with Gasteiger partial charge in [-0.05, 0) is 33.0 Å². The van der Waals surface area contributed by atoms with Gasteiger partial charge >= 0.3 is 0 Å². The summed E-state index contributed by atoms with van der Waals surface area (Å²) in [4.78, 5) is 4.34. The Kier molecular flexibility index (Phi) is 3.55. The van der Waals surface area contributed by atoms with Crippen LogP contribution < -0.4 is 14.8 Å². The number of hydrogen-bond donors (Lipinski definition) is 1. The first-order valence-electron chi connectivity index (χ1n) is 7.16. The van der Waals surface area contributed by atoms with Gasteiger partial charge in [0.25, 0.3) is 0 Å². The maximum absolute atomic E-state index is 6.03. The monoisotopic (exact) mass is 284 g/mol. The molecule has 0 fully saturated rings. The third-order valence-electron chi connectivity index (χ3n) is 3.48. The van der Waals surface area contributed by atoms with E-state index in [1.807, 2.05) is 31.3 Å². The number of fused-ring (bicyclic) bond motifs is 1. The highest BCUT2D eigenvalue weighted by Gasteiger charge is 2.32. The van der Waals surface area contributed by atoms with Crippen molar-refractivity contribution in [2.24, 2.45) is 0 Å². The molecule has 0 atom stereocenters. The molecule has 2 aromatic rings. The second kappa shape index (κ2) is 5.37. The predicted octanol–water partition coefficient (Wildman–Crippen LogP) is 3.31. The standard InChI is InChI=1S/C17H20N2O2/c1-17(2)10-12-6-4-8-14(15(12)21-17)20-16-13(11-18-3)7-5-9-19-16/h4-9,18H,10-11H2,1-3H3. The highest BCUT2D eigenvalue weighted by molar-refractivity contribution is 5.51. The van der Waals surface area contributed by atoms with Crippen LogP contribution in [0, 0.1) is 0 Å². The van der Waals surface area contributed by atoms with Gasteiger partial charge in [0.05, 0.1) is 0 Å². The lowest BCUT2D eigenvalue weighted by molar-refractivity contribution is 0.135. The SMILES string of the molecule is CNCc1cccnc1Oc1cccc2c1OC(C)(C)C2. The maximum atomic E-state index is 6.03. The lowest BCUT2D eigenvalue weighted by Crippen LogP contribution is -2.24. The van der Waals surface area contributed by atoms with E-state index >= 15 is 0 Å². The molecule has 4 heteroatoms. The molecule has 0 unspecified atom stereocenters. The van der Waals surface area contributed by atoms with Gasteiger partial charge in [0.1, 0.15) is 5.60 Å². The van der Waals surface area contributed by atoms with Crippen molar-refractivity contribution in [2.45, 2.75) is 32.4 Å². The van der Waals surface area contributed by atoms with Gasteiger partial charge < -0.3 is 14.8 Å². The molecule has 0 radical (unpaired) electrons. The van der Waals surface area contributed by atoms with Crippen molar-refractivity contribution in [3.8, 4) is 17.4 Å². The summed E-state index contributed by atoms with van der Waals surface area (Å²) in [6.45, 7) is 4.89. The van der Waals surface area contributed by atoms with Crippen molar-refractivity contribution >= 4 is 0 Å². The highest BCUT2D eigenvalue weighted by Crippen LogP contribution is 2.43. The van der Waals surface area contributed by atoms with E-state index < -0.39 is 0 Å². The molecular weight excluding hydrogens is 264 g/mol. The van der Waals surface area contributed by atoms with Crippen LogP contribution in [0.2, 0.25) is 0 Å². The third kappa shape index (κ3) is 2.85. The molecule has 0 amide bonds. The van der Waals surface area contributed by atoms with Gasteiger partial charge in [-0.1, -0.05) is 18.2 Å². The molecule has 1 aliphatic heterocycles. The van der Waals surface area contributed by atoms with E-state index in [1.165, 1.54) is 5.56 Å². The Morgan fingerprint density at radius 2 is 2.14 bits per heavy atom. The molecule has 4 nitrogen and oxygen atoms in total. The summed E-state index contributed by atoms with van der Waals surface area (Å²) in [6, 6.07) is 9.93. The summed E-state index contributed by atoms with van der Waals surface area (Å²) in [5.74, 6) is 2.19. The largest absolute Gasteiger partial charge is 0.483 e. The number of nitrogens with one attached hydrogen (secondary N) is 1. The summed E-state index contributed by atoms with van der Waals surface area (Å²) >= 11 is 0. The number of pyridine rings is 1. The van der Waals surface area contributed by atoms with Gasteiger partial charge in [-0.2, -0.15) is 0 Å². The van der Waals surface area contributed by atoms with Crippen molar-refractivity contribution in [3.63, 3.8) is 0 Å². The second-order valence-electron chi connectivity index (χ2n) is 5.88. The van der Waals surface area contributed by atoms with Crippen LogP contribution in [-0.4, -0.2) is 17.6 Å². The van der Waals surface area contributed by atoms with Gasteiger partial charge in [0.15, 0.2) is 11.5 Å². The van der Waals surface area contributed by atoms with Gasteiger partial charge in [-0.25, -0.2) is 4.98 Å². The smallest absolute Gasteiger partial charge is 0.223 e. The number of ether oxygens (including phenoxy) is 2. The van der Waals surface area contributed by atoms with Crippen molar-refractivity contribution in [1.82, 2.24) is 10.3 Å². The van der Waals surface area contributed by atoms with E-state index in [-0.39, 0.29) is 5.60 Å². The minimum Gasteiger partial charge on any atom is -0.483 e. The van der Waals surface area contributed by atoms with E-state index in [2.05, 4.69) is 30.2 Å². The Morgan fingerprint density at radius 3 is 2.95 bits per heavy atom. The molecule has 0 bridgehead atoms. The molecule has 110 valence electrons. The predicted molar refractivity (Wildman–Crippen MR) is 81.9 cm³/mol. The molecule has 1 N–H and O–H groups in total. The average molecular weight is 284 g/mol. The van der Waals surface area contributed by atoms with Gasteiger partial charge in [0.2, 0.25) is 5.88 Å². The Hall–Kier alpha value is -2.07. The highest BCUT2D eigenvalue weighted by atomic mass is 16.5. The summed E-state index contributed by atoms with van der Waals surface area (Å²) in [7, 11) is 1.91. The topological polar surface area (TPSA) is 43.4 Å². The zero-order valence-corrected chi connectivity index (χ0v) is 12.6. The van der Waals surface area contributed by atoms with E-state index in [0.717, 1.165) is 23.5 Å². The molecule has 2 heterocycles. The van der Waals surface area contributed by atoms with Crippen LogP contribution in [0.15, 0.2) is 36.5 Å². The van der Waals surface area contributed by atoms with Crippen LogP contribution in [0.4, 0.5) is 0 Å². The fourth-order valence-corrected chi connectivity index (χ4v) is 2.61. The molecule has 1 aromatic heterocycles. The molecule has 0 spiro atoms. The van der Waals surface area contributed by atoms with Crippen LogP contribution in [0.3, 0.4) is 0 Å². The zero-order valence-electron chi connectivity index (χ0n) is 12.6. The Bertz CT molecular complexity index is 653. The molecule has 0 saturated carbocycles. The van der Waals surface area contributed by atoms with E-state index in [0.29, 0.717) is 12.4 Å². The Morgan fingerprint density at radius 1 is 1.29 bits per heavy atom. The summed E-state index contributed by atoms with van der Waals surface area (Å²) in [5, 5.41) is 3.12. The van der Waals surface area contributed by atoms with Crippen molar-refractivity contribution < 1.29 is 9.47 Å². The van der Waals surface area contributed by atoms with E-state index in [9.17, 15) is 0 Å². The quantitative estimate of drug-likeness (QED) is 0.935. The molecule has 1 aliphatic rings. The van der Waals surface area contributed by atoms with Gasteiger partial charge in [-0.3, -0.25) is 0 Å².